The minimum Gasteiger partial charge on any atom is -0.363 e. The highest BCUT2D eigenvalue weighted by Crippen LogP contribution is 2.25. The first-order valence-electron chi connectivity index (χ1n) is 7.80. The molecule has 1 aromatic heterocycles. The second kappa shape index (κ2) is 7.39. The van der Waals surface area contributed by atoms with Crippen molar-refractivity contribution in [1.29, 1.82) is 0 Å². The number of anilines is 1. The van der Waals surface area contributed by atoms with Gasteiger partial charge in [-0.25, -0.2) is 4.98 Å². The molecule has 1 atom stereocenters. The van der Waals surface area contributed by atoms with Crippen molar-refractivity contribution in [3.63, 3.8) is 0 Å². The maximum absolute atomic E-state index is 12.0. The van der Waals surface area contributed by atoms with Gasteiger partial charge in [0.05, 0.1) is 6.61 Å². The molecule has 0 spiro atoms. The van der Waals surface area contributed by atoms with Crippen LogP contribution in [-0.2, 0) is 16.1 Å². The molecule has 1 aliphatic heterocycles. The van der Waals surface area contributed by atoms with Crippen LogP contribution in [0.4, 0.5) is 5.13 Å². The number of hydrogen-bond acceptors (Lipinski definition) is 6. The monoisotopic (exact) mass is 326 g/mol. The lowest BCUT2D eigenvalue weighted by Gasteiger charge is -2.38. The molecule has 22 heavy (non-hydrogen) atoms. The molecule has 0 aromatic carbocycles. The summed E-state index contributed by atoms with van der Waals surface area (Å²) in [6.45, 7) is 10.9. The second-order valence-electron chi connectivity index (χ2n) is 5.65. The number of carbonyl (C=O) groups excluding carboxylic acids is 1. The van der Waals surface area contributed by atoms with Crippen LogP contribution >= 0.6 is 11.3 Å². The summed E-state index contributed by atoms with van der Waals surface area (Å²) >= 11 is 1.73. The summed E-state index contributed by atoms with van der Waals surface area (Å²) < 4.78 is 5.69. The van der Waals surface area contributed by atoms with Crippen molar-refractivity contribution in [3.05, 3.63) is 11.1 Å². The Morgan fingerprint density at radius 2 is 2.27 bits per heavy atom. The summed E-state index contributed by atoms with van der Waals surface area (Å²) in [5.41, 5.74) is -0.764. The van der Waals surface area contributed by atoms with Crippen LogP contribution < -0.4 is 10.2 Å². The molecule has 1 amide bonds. The van der Waals surface area contributed by atoms with E-state index in [1.165, 1.54) is 4.88 Å². The molecule has 7 heteroatoms. The fourth-order valence-corrected chi connectivity index (χ4v) is 3.80. The number of aromatic nitrogens is 1. The quantitative estimate of drug-likeness (QED) is 0.854. The van der Waals surface area contributed by atoms with Crippen LogP contribution in [0.2, 0.25) is 0 Å². The number of ether oxygens (including phenoxy) is 1. The Morgan fingerprint density at radius 3 is 2.91 bits per heavy atom. The average Bonchev–Trinajstić information content (AvgIpc) is 2.96. The van der Waals surface area contributed by atoms with Crippen LogP contribution in [0.1, 0.15) is 25.6 Å². The van der Waals surface area contributed by atoms with Gasteiger partial charge in [-0.15, -0.1) is 11.3 Å². The molecule has 0 saturated carbocycles. The van der Waals surface area contributed by atoms with Crippen LogP contribution in [0, 0.1) is 0 Å². The summed E-state index contributed by atoms with van der Waals surface area (Å²) in [6.07, 6.45) is 1.95. The maximum atomic E-state index is 12.0. The molecule has 2 rings (SSSR count). The summed E-state index contributed by atoms with van der Waals surface area (Å²) in [7, 11) is 1.65. The molecule has 1 N–H and O–H groups in total. The highest BCUT2D eigenvalue weighted by molar-refractivity contribution is 7.15. The molecule has 0 unspecified atom stereocenters. The Balaban J connectivity index is 2.00. The minimum absolute atomic E-state index is 0.0645. The third-order valence-electron chi connectivity index (χ3n) is 4.02. The highest BCUT2D eigenvalue weighted by atomic mass is 32.1. The molecule has 1 fully saturated rings. The number of likely N-dealkylation sites (N-methyl/N-ethyl adjacent to an activating group) is 1. The van der Waals surface area contributed by atoms with E-state index in [1.54, 1.807) is 18.4 Å². The van der Waals surface area contributed by atoms with Gasteiger partial charge >= 0.3 is 0 Å². The second-order valence-corrected chi connectivity index (χ2v) is 6.74. The van der Waals surface area contributed by atoms with E-state index in [4.69, 9.17) is 4.74 Å². The van der Waals surface area contributed by atoms with E-state index in [2.05, 4.69) is 33.9 Å². The van der Waals surface area contributed by atoms with Crippen LogP contribution in [-0.4, -0.2) is 61.2 Å². The fourth-order valence-electron chi connectivity index (χ4n) is 2.72. The maximum Gasteiger partial charge on any atom is 0.253 e. The van der Waals surface area contributed by atoms with Crippen molar-refractivity contribution < 1.29 is 9.53 Å². The van der Waals surface area contributed by atoms with Gasteiger partial charge in [-0.3, -0.25) is 9.69 Å². The first-order chi connectivity index (χ1) is 10.5. The van der Waals surface area contributed by atoms with Gasteiger partial charge in [-0.05, 0) is 20.8 Å². The first kappa shape index (κ1) is 17.2. The van der Waals surface area contributed by atoms with Gasteiger partial charge in [-0.2, -0.15) is 0 Å². The third kappa shape index (κ3) is 3.77. The van der Waals surface area contributed by atoms with Crippen molar-refractivity contribution in [1.82, 2.24) is 15.2 Å². The first-order valence-corrected chi connectivity index (χ1v) is 8.62. The largest absolute Gasteiger partial charge is 0.363 e. The van der Waals surface area contributed by atoms with Gasteiger partial charge in [0, 0.05) is 50.8 Å². The van der Waals surface area contributed by atoms with Crippen molar-refractivity contribution in [2.75, 3.05) is 44.7 Å². The number of rotatable bonds is 6. The number of carbonyl (C=O) groups is 1. The van der Waals surface area contributed by atoms with E-state index in [0.29, 0.717) is 13.2 Å². The van der Waals surface area contributed by atoms with Crippen molar-refractivity contribution in [2.24, 2.45) is 0 Å². The zero-order valence-corrected chi connectivity index (χ0v) is 14.7. The summed E-state index contributed by atoms with van der Waals surface area (Å²) in [4.78, 5) is 22.2. The number of morpholine rings is 1. The third-order valence-corrected chi connectivity index (χ3v) is 5.06. The smallest absolute Gasteiger partial charge is 0.253 e. The molecule has 124 valence electrons. The van der Waals surface area contributed by atoms with E-state index < -0.39 is 5.60 Å². The minimum atomic E-state index is -0.764. The Morgan fingerprint density at radius 1 is 1.55 bits per heavy atom. The van der Waals surface area contributed by atoms with Gasteiger partial charge in [0.2, 0.25) is 0 Å². The number of hydrogen-bond donors (Lipinski definition) is 1. The Bertz CT molecular complexity index is 503. The molecular formula is C15H26N4O2S. The summed E-state index contributed by atoms with van der Waals surface area (Å²) in [5.74, 6) is -0.0645. The molecule has 0 bridgehead atoms. The average molecular weight is 326 g/mol. The van der Waals surface area contributed by atoms with E-state index in [1.807, 2.05) is 13.1 Å². The predicted molar refractivity (Wildman–Crippen MR) is 89.4 cm³/mol. The van der Waals surface area contributed by atoms with Gasteiger partial charge in [0.1, 0.15) is 0 Å². The molecule has 1 aliphatic rings. The number of amides is 1. The van der Waals surface area contributed by atoms with E-state index in [-0.39, 0.29) is 5.91 Å². The van der Waals surface area contributed by atoms with Crippen LogP contribution in [0.25, 0.3) is 0 Å². The topological polar surface area (TPSA) is 57.7 Å². The van der Waals surface area contributed by atoms with Gasteiger partial charge < -0.3 is 15.0 Å². The highest BCUT2D eigenvalue weighted by Gasteiger charge is 2.38. The summed E-state index contributed by atoms with van der Waals surface area (Å²) in [6, 6.07) is 0. The molecule has 1 saturated heterocycles. The Hall–Kier alpha value is -1.18. The van der Waals surface area contributed by atoms with Crippen LogP contribution in [0.5, 0.6) is 0 Å². The standard InChI is InChI=1S/C15H26N4O2S/c1-5-19(6-2)14-17-9-12(22-14)10-18-7-8-21-15(3,11-18)13(20)16-4/h9H,5-8,10-11H2,1-4H3,(H,16,20)/t15-/m0/s1. The van der Waals surface area contributed by atoms with Crippen LogP contribution in [0.15, 0.2) is 6.20 Å². The zero-order chi connectivity index (χ0) is 16.2. The lowest BCUT2D eigenvalue weighted by atomic mass is 10.0. The zero-order valence-electron chi connectivity index (χ0n) is 13.9. The molecule has 6 nitrogen and oxygen atoms in total. The van der Waals surface area contributed by atoms with E-state index in [9.17, 15) is 4.79 Å². The Kier molecular flexibility index (Phi) is 5.77. The van der Waals surface area contributed by atoms with E-state index in [0.717, 1.165) is 31.3 Å². The predicted octanol–water partition coefficient (Wildman–Crippen LogP) is 1.33. The van der Waals surface area contributed by atoms with E-state index >= 15 is 0 Å². The summed E-state index contributed by atoms with van der Waals surface area (Å²) in [5, 5.41) is 3.76. The fraction of sp³-hybridized carbons (Fsp3) is 0.733. The SMILES string of the molecule is CCN(CC)c1ncc(CN2CCO[C@](C)(C(=O)NC)C2)s1. The number of nitrogens with one attached hydrogen (secondary N) is 1. The van der Waals surface area contributed by atoms with Crippen molar-refractivity contribution >= 4 is 22.4 Å². The van der Waals surface area contributed by atoms with Gasteiger partial charge in [-0.1, -0.05) is 0 Å². The van der Waals surface area contributed by atoms with Crippen molar-refractivity contribution in [3.8, 4) is 0 Å². The molecule has 0 radical (unpaired) electrons. The molecule has 0 aliphatic carbocycles. The lowest BCUT2D eigenvalue weighted by molar-refractivity contribution is -0.156. The molecule has 2 heterocycles. The molecular weight excluding hydrogens is 300 g/mol. The normalized spacial score (nSPS) is 22.5. The molecule has 1 aromatic rings. The van der Waals surface area contributed by atoms with Gasteiger partial charge in [0.25, 0.3) is 5.91 Å². The van der Waals surface area contributed by atoms with Crippen molar-refractivity contribution in [2.45, 2.75) is 32.9 Å². The Labute approximate surface area is 136 Å². The number of thiazole rings is 1. The van der Waals surface area contributed by atoms with Crippen LogP contribution in [0.3, 0.4) is 0 Å². The number of nitrogens with zero attached hydrogens (tertiary/aromatic N) is 3. The lowest BCUT2D eigenvalue weighted by Crippen LogP contribution is -2.57. The van der Waals surface area contributed by atoms with Gasteiger partial charge in [0.15, 0.2) is 10.7 Å².